The second kappa shape index (κ2) is 4.70. The summed E-state index contributed by atoms with van der Waals surface area (Å²) in [4.78, 5) is 24.8. The van der Waals surface area contributed by atoms with Gasteiger partial charge in [-0.05, 0) is 24.4 Å². The highest BCUT2D eigenvalue weighted by Gasteiger charge is 2.31. The molecule has 8 heteroatoms. The first-order valence-corrected chi connectivity index (χ1v) is 5.51. The Labute approximate surface area is 103 Å². The number of halogens is 1. The smallest absolute Gasteiger partial charge is 0.322 e. The van der Waals surface area contributed by atoms with E-state index in [-0.39, 0.29) is 11.3 Å². The second-order valence-corrected chi connectivity index (χ2v) is 3.98. The summed E-state index contributed by atoms with van der Waals surface area (Å²) in [5.74, 6) is -0.0684. The van der Waals surface area contributed by atoms with Gasteiger partial charge in [-0.1, -0.05) is 0 Å². The third-order valence-electron chi connectivity index (χ3n) is 2.60. The number of carbonyl (C=O) groups excluding carboxylic acids is 1. The highest BCUT2D eigenvalue weighted by atomic mass is 35.5. The Morgan fingerprint density at radius 3 is 2.94 bits per heavy atom. The summed E-state index contributed by atoms with van der Waals surface area (Å²) in [5.41, 5.74) is 5.32. The minimum atomic E-state index is -0.391. The summed E-state index contributed by atoms with van der Waals surface area (Å²) in [6.07, 6.45) is 1.56. The fourth-order valence-electron chi connectivity index (χ4n) is 1.84. The number of hydrogen-bond donors (Lipinski definition) is 1. The molecule has 0 radical (unpaired) electrons. The van der Waals surface area contributed by atoms with Crippen LogP contribution in [0.25, 0.3) is 0 Å². The van der Waals surface area contributed by atoms with E-state index in [1.807, 2.05) is 0 Å². The highest BCUT2D eigenvalue weighted by Crippen LogP contribution is 2.24. The van der Waals surface area contributed by atoms with Gasteiger partial charge < -0.3 is 15.4 Å². The Morgan fingerprint density at radius 2 is 2.29 bits per heavy atom. The molecule has 1 aromatic rings. The molecule has 7 nitrogen and oxygen atoms in total. The number of hydrogen-bond acceptors (Lipinski definition) is 6. The zero-order chi connectivity index (χ0) is 12.4. The molecule has 1 saturated heterocycles. The van der Waals surface area contributed by atoms with E-state index in [0.29, 0.717) is 18.9 Å². The Kier molecular flexibility index (Phi) is 3.28. The summed E-state index contributed by atoms with van der Waals surface area (Å²) < 4.78 is 4.90. The number of rotatable bonds is 3. The highest BCUT2D eigenvalue weighted by molar-refractivity contribution is 6.28. The molecule has 2 heterocycles. The van der Waals surface area contributed by atoms with E-state index in [0.717, 1.165) is 6.42 Å². The van der Waals surface area contributed by atoms with Gasteiger partial charge in [0.2, 0.25) is 17.1 Å². The van der Waals surface area contributed by atoms with Gasteiger partial charge in [-0.3, -0.25) is 4.79 Å². The SMILES string of the molecule is COc1nc(Cl)nc(N2CCCC2C(N)=O)n1. The van der Waals surface area contributed by atoms with E-state index in [2.05, 4.69) is 15.0 Å². The second-order valence-electron chi connectivity index (χ2n) is 3.64. The van der Waals surface area contributed by atoms with Crippen molar-refractivity contribution in [1.82, 2.24) is 15.0 Å². The maximum Gasteiger partial charge on any atom is 0.322 e. The molecule has 1 fully saturated rings. The summed E-state index contributed by atoms with van der Waals surface area (Å²) in [6, 6.07) is -0.270. The molecule has 1 aliphatic heterocycles. The van der Waals surface area contributed by atoms with E-state index >= 15 is 0 Å². The van der Waals surface area contributed by atoms with Gasteiger partial charge in [-0.25, -0.2) is 0 Å². The van der Waals surface area contributed by atoms with Crippen LogP contribution in [0, 0.1) is 0 Å². The molecule has 1 aromatic heterocycles. The van der Waals surface area contributed by atoms with E-state index in [1.54, 1.807) is 4.90 Å². The van der Waals surface area contributed by atoms with Gasteiger partial charge in [0.1, 0.15) is 6.04 Å². The topological polar surface area (TPSA) is 94.2 Å². The molecule has 17 heavy (non-hydrogen) atoms. The number of anilines is 1. The molecule has 2 rings (SSSR count). The van der Waals surface area contributed by atoms with E-state index in [1.165, 1.54) is 7.11 Å². The molecule has 0 bridgehead atoms. The summed E-state index contributed by atoms with van der Waals surface area (Å²) >= 11 is 5.75. The molecule has 92 valence electrons. The number of nitrogens with zero attached hydrogens (tertiary/aromatic N) is 4. The van der Waals surface area contributed by atoms with Crippen LogP contribution in [0.2, 0.25) is 5.28 Å². The lowest BCUT2D eigenvalue weighted by Gasteiger charge is -2.21. The van der Waals surface area contributed by atoms with Crippen LogP contribution >= 0.6 is 11.6 Å². The lowest BCUT2D eigenvalue weighted by atomic mass is 10.2. The van der Waals surface area contributed by atoms with Crippen LogP contribution in [0.5, 0.6) is 6.01 Å². The van der Waals surface area contributed by atoms with Crippen molar-refractivity contribution in [2.45, 2.75) is 18.9 Å². The average molecular weight is 258 g/mol. The van der Waals surface area contributed by atoms with Crippen molar-refractivity contribution in [2.24, 2.45) is 5.73 Å². The minimum absolute atomic E-state index is 0.0296. The molecule has 2 N–H and O–H groups in total. The molecule has 0 saturated carbocycles. The van der Waals surface area contributed by atoms with Crippen LogP contribution in [0.4, 0.5) is 5.95 Å². The van der Waals surface area contributed by atoms with Crippen molar-refractivity contribution in [3.8, 4) is 6.01 Å². The van der Waals surface area contributed by atoms with Crippen LogP contribution in [-0.4, -0.2) is 40.6 Å². The summed E-state index contributed by atoms with van der Waals surface area (Å²) in [6.45, 7) is 0.664. The number of ether oxygens (including phenoxy) is 1. The first kappa shape index (κ1) is 11.8. The molecule has 1 aliphatic rings. The van der Waals surface area contributed by atoms with Gasteiger partial charge in [0.05, 0.1) is 7.11 Å². The summed E-state index contributed by atoms with van der Waals surface area (Å²) in [5, 5.41) is 0.0296. The first-order valence-electron chi connectivity index (χ1n) is 5.13. The molecule has 1 atom stereocenters. The zero-order valence-corrected chi connectivity index (χ0v) is 10.0. The standard InChI is InChI=1S/C9H12ClN5O2/c1-17-9-13-7(10)12-8(14-9)15-4-2-3-5(15)6(11)16/h5H,2-4H2,1H3,(H2,11,16). The number of methoxy groups -OCH3 is 1. The predicted molar refractivity (Wildman–Crippen MR) is 61.0 cm³/mol. The minimum Gasteiger partial charge on any atom is -0.467 e. The monoisotopic (exact) mass is 257 g/mol. The van der Waals surface area contributed by atoms with Crippen molar-refractivity contribution < 1.29 is 9.53 Å². The van der Waals surface area contributed by atoms with Crippen LogP contribution in [0.1, 0.15) is 12.8 Å². The molecule has 0 spiro atoms. The number of primary amides is 1. The van der Waals surface area contributed by atoms with Gasteiger partial charge in [0.15, 0.2) is 0 Å². The fraction of sp³-hybridized carbons (Fsp3) is 0.556. The Bertz CT molecular complexity index is 441. The summed E-state index contributed by atoms with van der Waals surface area (Å²) in [7, 11) is 1.44. The molecule has 1 unspecified atom stereocenters. The van der Waals surface area contributed by atoms with Gasteiger partial charge in [-0.15, -0.1) is 0 Å². The van der Waals surface area contributed by atoms with Gasteiger partial charge >= 0.3 is 6.01 Å². The van der Waals surface area contributed by atoms with Gasteiger partial charge in [-0.2, -0.15) is 15.0 Å². The maximum atomic E-state index is 11.3. The van der Waals surface area contributed by atoms with Crippen LogP contribution < -0.4 is 15.4 Å². The third-order valence-corrected chi connectivity index (χ3v) is 2.77. The van der Waals surface area contributed by atoms with Crippen molar-refractivity contribution >= 4 is 23.5 Å². The lowest BCUT2D eigenvalue weighted by Crippen LogP contribution is -2.41. The van der Waals surface area contributed by atoms with Crippen molar-refractivity contribution in [2.75, 3.05) is 18.6 Å². The van der Waals surface area contributed by atoms with Crippen LogP contribution in [-0.2, 0) is 4.79 Å². The molecule has 0 aliphatic carbocycles. The van der Waals surface area contributed by atoms with Gasteiger partial charge in [0, 0.05) is 6.54 Å². The van der Waals surface area contributed by atoms with Crippen molar-refractivity contribution in [1.29, 1.82) is 0 Å². The molecule has 0 aromatic carbocycles. The van der Waals surface area contributed by atoms with E-state index < -0.39 is 11.9 Å². The Balaban J connectivity index is 2.32. The lowest BCUT2D eigenvalue weighted by molar-refractivity contribution is -0.119. The van der Waals surface area contributed by atoms with Crippen molar-refractivity contribution in [3.05, 3.63) is 5.28 Å². The fourth-order valence-corrected chi connectivity index (χ4v) is 1.99. The Hall–Kier alpha value is -1.63. The Morgan fingerprint density at radius 1 is 1.53 bits per heavy atom. The number of amides is 1. The van der Waals surface area contributed by atoms with E-state index in [9.17, 15) is 4.79 Å². The largest absolute Gasteiger partial charge is 0.467 e. The average Bonchev–Trinajstić information content (AvgIpc) is 2.77. The molecule has 1 amide bonds. The maximum absolute atomic E-state index is 11.3. The molecular formula is C9H12ClN5O2. The third kappa shape index (κ3) is 2.38. The van der Waals surface area contributed by atoms with Crippen LogP contribution in [0.15, 0.2) is 0 Å². The van der Waals surface area contributed by atoms with Crippen LogP contribution in [0.3, 0.4) is 0 Å². The predicted octanol–water partition coefficient (Wildman–Crippen LogP) is -0.0123. The number of aromatic nitrogens is 3. The van der Waals surface area contributed by atoms with E-state index in [4.69, 9.17) is 22.1 Å². The zero-order valence-electron chi connectivity index (χ0n) is 9.26. The number of nitrogens with two attached hydrogens (primary N) is 1. The quantitative estimate of drug-likeness (QED) is 0.818. The normalized spacial score (nSPS) is 19.4. The van der Waals surface area contributed by atoms with Crippen molar-refractivity contribution in [3.63, 3.8) is 0 Å². The number of carbonyl (C=O) groups is 1. The first-order chi connectivity index (χ1) is 8.11. The van der Waals surface area contributed by atoms with Gasteiger partial charge in [0.25, 0.3) is 0 Å². The molecular weight excluding hydrogens is 246 g/mol.